The van der Waals surface area contributed by atoms with E-state index in [1.165, 1.54) is 5.56 Å². The Morgan fingerprint density at radius 3 is 2.57 bits per heavy atom. The van der Waals surface area contributed by atoms with Crippen molar-refractivity contribution in [3.63, 3.8) is 0 Å². The maximum absolute atomic E-state index is 5.67. The molecule has 0 aliphatic heterocycles. The van der Waals surface area contributed by atoms with Gasteiger partial charge in [0.2, 0.25) is 0 Å². The Balaban J connectivity index is 1.74. The molecule has 1 N–H and O–H groups in total. The first-order chi connectivity index (χ1) is 11.1. The van der Waals surface area contributed by atoms with Crippen LogP contribution in [-0.4, -0.2) is 28.2 Å². The molecule has 4 heteroatoms. The van der Waals surface area contributed by atoms with Crippen molar-refractivity contribution in [2.45, 2.75) is 59.2 Å². The Bertz CT molecular complexity index is 575. The first-order valence-corrected chi connectivity index (χ1v) is 8.57. The monoisotopic (exact) mass is 315 g/mol. The summed E-state index contributed by atoms with van der Waals surface area (Å²) in [7, 11) is 0. The average molecular weight is 315 g/mol. The van der Waals surface area contributed by atoms with Gasteiger partial charge in [-0.15, -0.1) is 0 Å². The van der Waals surface area contributed by atoms with Crippen molar-refractivity contribution in [3.05, 3.63) is 48.0 Å². The fourth-order valence-electron chi connectivity index (χ4n) is 2.65. The first-order valence-electron chi connectivity index (χ1n) is 8.57. The number of rotatable bonds is 9. The number of imidazole rings is 1. The third kappa shape index (κ3) is 5.71. The lowest BCUT2D eigenvalue weighted by molar-refractivity contribution is 0.242. The Hall–Kier alpha value is -1.81. The molecule has 2 aromatic rings. The molecule has 0 fully saturated rings. The van der Waals surface area contributed by atoms with Crippen molar-refractivity contribution in [1.29, 1.82) is 0 Å². The SMILES string of the molecule is CCc1nccn1CC(C)NCCc1ccc(OC(C)C)cc1. The molecule has 0 amide bonds. The number of hydrogen-bond donors (Lipinski definition) is 1. The van der Waals surface area contributed by atoms with Crippen molar-refractivity contribution < 1.29 is 4.74 Å². The van der Waals surface area contributed by atoms with E-state index < -0.39 is 0 Å². The summed E-state index contributed by atoms with van der Waals surface area (Å²) in [6.07, 6.45) is 6.16. The number of benzene rings is 1. The predicted molar refractivity (Wildman–Crippen MR) is 95.0 cm³/mol. The van der Waals surface area contributed by atoms with Gasteiger partial charge in [0.1, 0.15) is 11.6 Å². The third-order valence-electron chi connectivity index (χ3n) is 3.79. The third-order valence-corrected chi connectivity index (χ3v) is 3.79. The van der Waals surface area contributed by atoms with Gasteiger partial charge in [0.25, 0.3) is 0 Å². The highest BCUT2D eigenvalue weighted by atomic mass is 16.5. The van der Waals surface area contributed by atoms with Gasteiger partial charge in [-0.25, -0.2) is 4.98 Å². The van der Waals surface area contributed by atoms with Crippen LogP contribution in [0, 0.1) is 0 Å². The summed E-state index contributed by atoms with van der Waals surface area (Å²) < 4.78 is 7.90. The number of ether oxygens (including phenoxy) is 1. The second-order valence-electron chi connectivity index (χ2n) is 6.27. The van der Waals surface area contributed by atoms with Gasteiger partial charge in [0.15, 0.2) is 0 Å². The summed E-state index contributed by atoms with van der Waals surface area (Å²) in [5, 5.41) is 3.59. The van der Waals surface area contributed by atoms with Crippen LogP contribution < -0.4 is 10.1 Å². The minimum Gasteiger partial charge on any atom is -0.491 e. The summed E-state index contributed by atoms with van der Waals surface area (Å²) in [4.78, 5) is 4.37. The molecule has 23 heavy (non-hydrogen) atoms. The molecule has 0 bridgehead atoms. The zero-order chi connectivity index (χ0) is 16.7. The van der Waals surface area contributed by atoms with Crippen LogP contribution in [0.2, 0.25) is 0 Å². The zero-order valence-corrected chi connectivity index (χ0v) is 14.7. The molecule has 0 radical (unpaired) electrons. The molecule has 1 aromatic heterocycles. The molecule has 0 spiro atoms. The fourth-order valence-corrected chi connectivity index (χ4v) is 2.65. The largest absolute Gasteiger partial charge is 0.491 e. The van der Waals surface area contributed by atoms with E-state index in [-0.39, 0.29) is 6.10 Å². The average Bonchev–Trinajstić information content (AvgIpc) is 2.95. The highest BCUT2D eigenvalue weighted by Gasteiger charge is 2.06. The molecule has 1 atom stereocenters. The molecule has 126 valence electrons. The normalized spacial score (nSPS) is 12.6. The second kappa shape index (κ2) is 8.73. The molecule has 0 saturated carbocycles. The van der Waals surface area contributed by atoms with Crippen LogP contribution in [0.25, 0.3) is 0 Å². The number of nitrogens with zero attached hydrogens (tertiary/aromatic N) is 2. The van der Waals surface area contributed by atoms with E-state index in [1.54, 1.807) is 0 Å². The van der Waals surface area contributed by atoms with Crippen LogP contribution >= 0.6 is 0 Å². The maximum atomic E-state index is 5.67. The summed E-state index contributed by atoms with van der Waals surface area (Å²) >= 11 is 0. The number of nitrogens with one attached hydrogen (secondary N) is 1. The topological polar surface area (TPSA) is 39.1 Å². The van der Waals surface area contributed by atoms with E-state index in [9.17, 15) is 0 Å². The number of aryl methyl sites for hydroxylation is 1. The van der Waals surface area contributed by atoms with Gasteiger partial charge < -0.3 is 14.6 Å². The van der Waals surface area contributed by atoms with E-state index in [4.69, 9.17) is 4.74 Å². The lowest BCUT2D eigenvalue weighted by Crippen LogP contribution is -2.32. The van der Waals surface area contributed by atoms with Gasteiger partial charge in [-0.3, -0.25) is 0 Å². The van der Waals surface area contributed by atoms with Crippen molar-refractivity contribution in [1.82, 2.24) is 14.9 Å². The summed E-state index contributed by atoms with van der Waals surface area (Å²) in [6.45, 7) is 10.4. The molecule has 1 unspecified atom stereocenters. The Kier molecular flexibility index (Phi) is 6.66. The van der Waals surface area contributed by atoms with Gasteiger partial charge in [0.05, 0.1) is 6.10 Å². The van der Waals surface area contributed by atoms with Crippen LogP contribution in [0.15, 0.2) is 36.7 Å². The summed E-state index contributed by atoms with van der Waals surface area (Å²) in [5.74, 6) is 2.09. The molecule has 1 aromatic carbocycles. The van der Waals surface area contributed by atoms with E-state index in [0.717, 1.165) is 37.5 Å². The molecular weight excluding hydrogens is 286 g/mol. The molecule has 0 aliphatic rings. The molecule has 1 heterocycles. The highest BCUT2D eigenvalue weighted by molar-refractivity contribution is 5.27. The zero-order valence-electron chi connectivity index (χ0n) is 14.7. The van der Waals surface area contributed by atoms with Crippen molar-refractivity contribution in [3.8, 4) is 5.75 Å². The van der Waals surface area contributed by atoms with Crippen molar-refractivity contribution >= 4 is 0 Å². The van der Waals surface area contributed by atoms with Crippen LogP contribution in [0.4, 0.5) is 0 Å². The van der Waals surface area contributed by atoms with Crippen LogP contribution in [-0.2, 0) is 19.4 Å². The minimum atomic E-state index is 0.222. The second-order valence-corrected chi connectivity index (χ2v) is 6.27. The van der Waals surface area contributed by atoms with Crippen molar-refractivity contribution in [2.75, 3.05) is 6.54 Å². The van der Waals surface area contributed by atoms with Crippen LogP contribution in [0.5, 0.6) is 5.75 Å². The molecule has 0 saturated heterocycles. The molecule has 4 nitrogen and oxygen atoms in total. The van der Waals surface area contributed by atoms with E-state index in [0.29, 0.717) is 6.04 Å². The van der Waals surface area contributed by atoms with E-state index in [1.807, 2.05) is 20.0 Å². The quantitative estimate of drug-likeness (QED) is 0.770. The maximum Gasteiger partial charge on any atom is 0.119 e. The Labute approximate surface area is 139 Å². The predicted octanol–water partition coefficient (Wildman–Crippen LogP) is 3.45. The molecule has 0 aliphatic carbocycles. The lowest BCUT2D eigenvalue weighted by atomic mass is 10.1. The Morgan fingerprint density at radius 1 is 1.17 bits per heavy atom. The van der Waals surface area contributed by atoms with Gasteiger partial charge >= 0.3 is 0 Å². The summed E-state index contributed by atoms with van der Waals surface area (Å²) in [6, 6.07) is 8.83. The Morgan fingerprint density at radius 2 is 1.91 bits per heavy atom. The van der Waals surface area contributed by atoms with Gasteiger partial charge in [-0.1, -0.05) is 19.1 Å². The van der Waals surface area contributed by atoms with Gasteiger partial charge in [-0.2, -0.15) is 0 Å². The standard InChI is InChI=1S/C19H29N3O/c1-5-19-21-12-13-22(19)14-16(4)20-11-10-17-6-8-18(9-7-17)23-15(2)3/h6-9,12-13,15-16,20H,5,10-11,14H2,1-4H3. The van der Waals surface area contributed by atoms with E-state index in [2.05, 4.69) is 59.2 Å². The van der Waals surface area contributed by atoms with Gasteiger partial charge in [0, 0.05) is 31.4 Å². The first kappa shape index (κ1) is 17.5. The van der Waals surface area contributed by atoms with E-state index >= 15 is 0 Å². The van der Waals surface area contributed by atoms with Crippen LogP contribution in [0.3, 0.4) is 0 Å². The number of hydrogen-bond acceptors (Lipinski definition) is 3. The minimum absolute atomic E-state index is 0.222. The van der Waals surface area contributed by atoms with Crippen molar-refractivity contribution in [2.24, 2.45) is 0 Å². The summed E-state index contributed by atoms with van der Waals surface area (Å²) in [5.41, 5.74) is 1.33. The smallest absolute Gasteiger partial charge is 0.119 e. The van der Waals surface area contributed by atoms with Crippen LogP contribution in [0.1, 0.15) is 39.1 Å². The number of aromatic nitrogens is 2. The molecule has 2 rings (SSSR count). The lowest BCUT2D eigenvalue weighted by Gasteiger charge is -2.16. The highest BCUT2D eigenvalue weighted by Crippen LogP contribution is 2.14. The fraction of sp³-hybridized carbons (Fsp3) is 0.526. The van der Waals surface area contributed by atoms with Gasteiger partial charge in [-0.05, 0) is 51.4 Å². The molecular formula is C19H29N3O.